The molecule has 1 amide bonds. The summed E-state index contributed by atoms with van der Waals surface area (Å²) in [4.78, 5) is 27.1. The molecule has 2 fully saturated rings. The van der Waals surface area contributed by atoms with Crippen LogP contribution < -0.4 is 4.74 Å². The molecule has 6 heteroatoms. The molecule has 6 nitrogen and oxygen atoms in total. The van der Waals surface area contributed by atoms with Gasteiger partial charge >= 0.3 is 5.97 Å². The fourth-order valence-electron chi connectivity index (χ4n) is 4.32. The van der Waals surface area contributed by atoms with Gasteiger partial charge in [-0.05, 0) is 24.6 Å². The standard InChI is InChI=1S/C19H21NO5/c1-11(12-4-6-13(23-2)7-5-12)20-10-19-9-8-14(25-19)15(18(22)24-3)16(19)17(20)21/h4-9,11,14-16H,10H2,1-3H3/t11-,14+,15+,16-,19-/m0/s1. The molecule has 3 aliphatic rings. The zero-order valence-electron chi connectivity index (χ0n) is 14.5. The maximum atomic E-state index is 13.1. The maximum Gasteiger partial charge on any atom is 0.312 e. The summed E-state index contributed by atoms with van der Waals surface area (Å²) < 4.78 is 16.1. The summed E-state index contributed by atoms with van der Waals surface area (Å²) in [6.45, 7) is 2.44. The second-order valence-electron chi connectivity index (χ2n) is 6.84. The van der Waals surface area contributed by atoms with Crippen LogP contribution in [0.25, 0.3) is 0 Å². The van der Waals surface area contributed by atoms with E-state index in [4.69, 9.17) is 14.2 Å². The van der Waals surface area contributed by atoms with Gasteiger partial charge in [0.1, 0.15) is 17.3 Å². The minimum absolute atomic E-state index is 0.0504. The number of hydrogen-bond acceptors (Lipinski definition) is 5. The molecule has 1 spiro atoms. The van der Waals surface area contributed by atoms with E-state index in [1.54, 1.807) is 12.0 Å². The lowest BCUT2D eigenvalue weighted by Crippen LogP contribution is -2.39. The highest BCUT2D eigenvalue weighted by Crippen LogP contribution is 2.53. The van der Waals surface area contributed by atoms with Crippen molar-refractivity contribution in [1.29, 1.82) is 0 Å². The number of carbonyl (C=O) groups is 2. The van der Waals surface area contributed by atoms with Gasteiger partial charge in [-0.1, -0.05) is 24.3 Å². The van der Waals surface area contributed by atoms with Crippen LogP contribution in [-0.4, -0.2) is 49.2 Å². The number of carbonyl (C=O) groups excluding carboxylic acids is 2. The number of fused-ring (bicyclic) bond motifs is 1. The topological polar surface area (TPSA) is 65.1 Å². The minimum Gasteiger partial charge on any atom is -0.497 e. The monoisotopic (exact) mass is 343 g/mol. The molecule has 0 N–H and O–H groups in total. The van der Waals surface area contributed by atoms with Gasteiger partial charge in [0.15, 0.2) is 0 Å². The van der Waals surface area contributed by atoms with Crippen LogP contribution in [0.1, 0.15) is 18.5 Å². The molecule has 0 unspecified atom stereocenters. The summed E-state index contributed by atoms with van der Waals surface area (Å²) in [5.74, 6) is -0.722. The SMILES string of the molecule is COC(=O)[C@H]1[C@H]2C(=O)N([C@@H](C)c3ccc(OC)cc3)C[C@@]23C=C[C@H]1O3. The van der Waals surface area contributed by atoms with Crippen molar-refractivity contribution in [3.63, 3.8) is 0 Å². The average Bonchev–Trinajstić information content (AvgIpc) is 3.29. The Balaban J connectivity index is 1.62. The second kappa shape index (κ2) is 5.59. The van der Waals surface area contributed by atoms with Gasteiger partial charge in [-0.15, -0.1) is 0 Å². The van der Waals surface area contributed by atoms with E-state index >= 15 is 0 Å². The number of benzene rings is 1. The summed E-state index contributed by atoms with van der Waals surface area (Å²) in [5, 5.41) is 0. The van der Waals surface area contributed by atoms with Gasteiger partial charge in [-0.2, -0.15) is 0 Å². The molecule has 0 radical (unpaired) electrons. The number of amides is 1. The molecule has 5 atom stereocenters. The molecule has 3 aliphatic heterocycles. The van der Waals surface area contributed by atoms with Gasteiger partial charge in [0.2, 0.25) is 5.91 Å². The first-order valence-corrected chi connectivity index (χ1v) is 8.40. The second-order valence-corrected chi connectivity index (χ2v) is 6.84. The maximum absolute atomic E-state index is 13.1. The Hall–Kier alpha value is -2.34. The lowest BCUT2D eigenvalue weighted by molar-refractivity contribution is -0.151. The fraction of sp³-hybridized carbons (Fsp3) is 0.474. The Morgan fingerprint density at radius 2 is 2.04 bits per heavy atom. The molecular weight excluding hydrogens is 322 g/mol. The summed E-state index contributed by atoms with van der Waals surface area (Å²) in [6.07, 6.45) is 3.47. The zero-order valence-corrected chi connectivity index (χ0v) is 14.5. The number of esters is 1. The van der Waals surface area contributed by atoms with Crippen LogP contribution >= 0.6 is 0 Å². The Bertz CT molecular complexity index is 743. The quantitative estimate of drug-likeness (QED) is 0.615. The van der Waals surface area contributed by atoms with Crippen molar-refractivity contribution < 1.29 is 23.8 Å². The molecule has 1 aromatic carbocycles. The molecule has 2 saturated heterocycles. The molecule has 1 aromatic rings. The predicted octanol–water partition coefficient (Wildman–Crippen LogP) is 1.71. The van der Waals surface area contributed by atoms with E-state index in [0.717, 1.165) is 11.3 Å². The summed E-state index contributed by atoms with van der Waals surface area (Å²) in [6, 6.07) is 7.55. The van der Waals surface area contributed by atoms with Gasteiger partial charge in [-0.3, -0.25) is 9.59 Å². The Morgan fingerprint density at radius 3 is 2.68 bits per heavy atom. The van der Waals surface area contributed by atoms with Crippen molar-refractivity contribution in [2.45, 2.75) is 24.7 Å². The highest BCUT2D eigenvalue weighted by molar-refractivity contribution is 5.91. The highest BCUT2D eigenvalue weighted by Gasteiger charge is 2.67. The van der Waals surface area contributed by atoms with Crippen molar-refractivity contribution in [2.75, 3.05) is 20.8 Å². The van der Waals surface area contributed by atoms with Crippen LogP contribution in [0.3, 0.4) is 0 Å². The molecule has 4 rings (SSSR count). The van der Waals surface area contributed by atoms with Crippen LogP contribution in [0.2, 0.25) is 0 Å². The highest BCUT2D eigenvalue weighted by atomic mass is 16.5. The van der Waals surface area contributed by atoms with Gasteiger partial charge in [0.05, 0.1) is 38.8 Å². The zero-order chi connectivity index (χ0) is 17.8. The van der Waals surface area contributed by atoms with Gasteiger partial charge in [-0.25, -0.2) is 0 Å². The van der Waals surface area contributed by atoms with Crippen molar-refractivity contribution >= 4 is 11.9 Å². The first-order valence-electron chi connectivity index (χ1n) is 8.40. The smallest absolute Gasteiger partial charge is 0.312 e. The Labute approximate surface area is 146 Å². The lowest BCUT2D eigenvalue weighted by atomic mass is 9.77. The number of likely N-dealkylation sites (tertiary alicyclic amines) is 1. The van der Waals surface area contributed by atoms with E-state index in [0.29, 0.717) is 6.54 Å². The molecule has 0 aliphatic carbocycles. The summed E-state index contributed by atoms with van der Waals surface area (Å²) >= 11 is 0. The first kappa shape index (κ1) is 16.1. The molecule has 25 heavy (non-hydrogen) atoms. The number of methoxy groups -OCH3 is 2. The van der Waals surface area contributed by atoms with Gasteiger partial charge in [0.25, 0.3) is 0 Å². The molecule has 132 valence electrons. The van der Waals surface area contributed by atoms with Crippen molar-refractivity contribution in [3.8, 4) is 5.75 Å². The average molecular weight is 343 g/mol. The van der Waals surface area contributed by atoms with Crippen molar-refractivity contribution in [1.82, 2.24) is 4.90 Å². The largest absolute Gasteiger partial charge is 0.497 e. The summed E-state index contributed by atoms with van der Waals surface area (Å²) in [5.41, 5.74) is 0.306. The third-order valence-electron chi connectivity index (χ3n) is 5.67. The fourth-order valence-corrected chi connectivity index (χ4v) is 4.32. The lowest BCUT2D eigenvalue weighted by Gasteiger charge is -2.27. The minimum atomic E-state index is -0.707. The van der Waals surface area contributed by atoms with Gasteiger partial charge in [0, 0.05) is 0 Å². The molecule has 2 bridgehead atoms. The van der Waals surface area contributed by atoms with Crippen LogP contribution in [0, 0.1) is 11.8 Å². The molecule has 0 saturated carbocycles. The number of rotatable bonds is 4. The van der Waals surface area contributed by atoms with E-state index in [-0.39, 0.29) is 24.0 Å². The Kier molecular flexibility index (Phi) is 3.61. The third kappa shape index (κ3) is 2.20. The molecule has 0 aromatic heterocycles. The molecular formula is C19H21NO5. The van der Waals surface area contributed by atoms with Gasteiger partial charge < -0.3 is 19.1 Å². The summed E-state index contributed by atoms with van der Waals surface area (Å²) in [7, 11) is 2.97. The number of nitrogens with zero attached hydrogens (tertiary/aromatic N) is 1. The normalized spacial score (nSPS) is 33.5. The van der Waals surface area contributed by atoms with Crippen LogP contribution in [-0.2, 0) is 19.1 Å². The van der Waals surface area contributed by atoms with Crippen LogP contribution in [0.15, 0.2) is 36.4 Å². The Morgan fingerprint density at radius 1 is 1.32 bits per heavy atom. The molecule has 3 heterocycles. The van der Waals surface area contributed by atoms with E-state index in [2.05, 4.69) is 0 Å². The first-order chi connectivity index (χ1) is 12.0. The van der Waals surface area contributed by atoms with E-state index in [1.165, 1.54) is 7.11 Å². The van der Waals surface area contributed by atoms with Crippen molar-refractivity contribution in [3.05, 3.63) is 42.0 Å². The number of ether oxygens (including phenoxy) is 3. The van der Waals surface area contributed by atoms with Crippen LogP contribution in [0.4, 0.5) is 0 Å². The van der Waals surface area contributed by atoms with E-state index in [9.17, 15) is 9.59 Å². The van der Waals surface area contributed by atoms with E-state index in [1.807, 2.05) is 43.3 Å². The predicted molar refractivity (Wildman–Crippen MR) is 88.9 cm³/mol. The third-order valence-corrected chi connectivity index (χ3v) is 5.67. The number of hydrogen-bond donors (Lipinski definition) is 0. The van der Waals surface area contributed by atoms with Crippen molar-refractivity contribution in [2.24, 2.45) is 11.8 Å². The van der Waals surface area contributed by atoms with E-state index < -0.39 is 17.4 Å². The van der Waals surface area contributed by atoms with Crippen LogP contribution in [0.5, 0.6) is 5.75 Å².